The van der Waals surface area contributed by atoms with E-state index in [1.165, 1.54) is 22.9 Å². The van der Waals surface area contributed by atoms with E-state index in [1.807, 2.05) is 24.3 Å². The minimum atomic E-state index is -0.312. The third-order valence-corrected chi connectivity index (χ3v) is 6.73. The Bertz CT molecular complexity index is 1610. The second-order valence-electron chi connectivity index (χ2n) is 7.47. The number of carbonyl (C=O) groups is 1. The lowest BCUT2D eigenvalue weighted by Crippen LogP contribution is -2.21. The first-order valence-electron chi connectivity index (χ1n) is 10.0. The molecule has 5 aromatic rings. The number of aryl methyl sites for hydroxylation is 1. The fraction of sp³-hybridized carbons (Fsp3) is 0.125. The second-order valence-corrected chi connectivity index (χ2v) is 8.91. The van der Waals surface area contributed by atoms with E-state index in [1.54, 1.807) is 38.3 Å². The summed E-state index contributed by atoms with van der Waals surface area (Å²) >= 11 is 7.21. The van der Waals surface area contributed by atoms with Crippen LogP contribution in [0.5, 0.6) is 5.75 Å². The van der Waals surface area contributed by atoms with Crippen LogP contribution in [-0.4, -0.2) is 32.9 Å². The highest BCUT2D eigenvalue weighted by atomic mass is 35.5. The van der Waals surface area contributed by atoms with E-state index < -0.39 is 0 Å². The normalized spacial score (nSPS) is 11.3. The lowest BCUT2D eigenvalue weighted by atomic mass is 9.94. The van der Waals surface area contributed by atoms with Crippen molar-refractivity contribution in [1.82, 2.24) is 20.0 Å². The highest BCUT2D eigenvalue weighted by Crippen LogP contribution is 2.40. The summed E-state index contributed by atoms with van der Waals surface area (Å²) in [5.41, 5.74) is 3.25. The van der Waals surface area contributed by atoms with Gasteiger partial charge in [-0.25, -0.2) is 4.98 Å². The van der Waals surface area contributed by atoms with Crippen molar-refractivity contribution in [3.8, 4) is 22.6 Å². The van der Waals surface area contributed by atoms with Crippen LogP contribution in [0.2, 0.25) is 5.02 Å². The van der Waals surface area contributed by atoms with Gasteiger partial charge in [0.1, 0.15) is 20.8 Å². The molecule has 0 saturated carbocycles. The average Bonchev–Trinajstić information content (AvgIpc) is 3.18. The predicted octanol–water partition coefficient (Wildman–Crippen LogP) is 5.23. The van der Waals surface area contributed by atoms with Gasteiger partial charge in [-0.15, -0.1) is 16.4 Å². The van der Waals surface area contributed by atoms with Gasteiger partial charge in [0.25, 0.3) is 5.56 Å². The van der Waals surface area contributed by atoms with Crippen molar-refractivity contribution in [3.05, 3.63) is 75.2 Å². The predicted molar refractivity (Wildman–Crippen MR) is 130 cm³/mol. The van der Waals surface area contributed by atoms with Crippen LogP contribution in [0.25, 0.3) is 37.2 Å². The maximum absolute atomic E-state index is 13.3. The first-order valence-corrected chi connectivity index (χ1v) is 11.2. The third-order valence-electron chi connectivity index (χ3n) is 5.42. The Balaban J connectivity index is 1.86. The smallest absolute Gasteiger partial charge is 0.292 e. The van der Waals surface area contributed by atoms with Gasteiger partial charge in [-0.2, -0.15) is 4.68 Å². The van der Waals surface area contributed by atoms with Gasteiger partial charge in [0.15, 0.2) is 5.78 Å². The van der Waals surface area contributed by atoms with Crippen molar-refractivity contribution in [2.75, 3.05) is 7.11 Å². The van der Waals surface area contributed by atoms with Crippen LogP contribution in [0.1, 0.15) is 23.0 Å². The molecule has 0 saturated heterocycles. The lowest BCUT2D eigenvalue weighted by molar-refractivity contribution is 0.101. The molecule has 0 amide bonds. The maximum atomic E-state index is 13.3. The van der Waals surface area contributed by atoms with Crippen molar-refractivity contribution < 1.29 is 9.53 Å². The summed E-state index contributed by atoms with van der Waals surface area (Å²) in [5, 5.41) is 9.77. The lowest BCUT2D eigenvalue weighted by Gasteiger charge is -2.12. The summed E-state index contributed by atoms with van der Waals surface area (Å²) in [6.45, 7) is 3.31. The summed E-state index contributed by atoms with van der Waals surface area (Å²) in [6, 6.07) is 14.2. The molecule has 3 heterocycles. The van der Waals surface area contributed by atoms with Gasteiger partial charge >= 0.3 is 0 Å². The van der Waals surface area contributed by atoms with Crippen molar-refractivity contribution in [2.45, 2.75) is 13.8 Å². The molecule has 0 aliphatic rings. The summed E-state index contributed by atoms with van der Waals surface area (Å²) in [4.78, 5) is 31.3. The molecule has 0 spiro atoms. The maximum Gasteiger partial charge on any atom is 0.292 e. The first kappa shape index (κ1) is 21.2. The molecule has 2 aromatic carbocycles. The molecular formula is C24H17ClN4O3S. The summed E-state index contributed by atoms with van der Waals surface area (Å²) in [7, 11) is 1.60. The van der Waals surface area contributed by atoms with Gasteiger partial charge in [-0.1, -0.05) is 28.9 Å². The van der Waals surface area contributed by atoms with E-state index in [0.29, 0.717) is 53.7 Å². The standard InChI is InChI=1S/C24H17ClN4O3S/c1-12-18(13(2)30)19(14-4-10-17(32-3)11-5-14)20-21-22(33-23(20)26-12)24(31)29(28-27-21)16-8-6-15(25)7-9-16/h4-11H,1-3H3. The minimum Gasteiger partial charge on any atom is -0.497 e. The zero-order chi connectivity index (χ0) is 23.3. The average molecular weight is 477 g/mol. The summed E-state index contributed by atoms with van der Waals surface area (Å²) in [6.07, 6.45) is 0. The number of pyridine rings is 1. The van der Waals surface area contributed by atoms with E-state index in [0.717, 1.165) is 5.56 Å². The highest BCUT2D eigenvalue weighted by Gasteiger charge is 2.24. The molecule has 0 fully saturated rings. The van der Waals surface area contributed by atoms with Crippen molar-refractivity contribution in [2.24, 2.45) is 0 Å². The number of Topliss-reactive ketones (excluding diaryl/α,β-unsaturated/α-hetero) is 1. The number of aromatic nitrogens is 4. The van der Waals surface area contributed by atoms with E-state index in [9.17, 15) is 9.59 Å². The fourth-order valence-corrected chi connectivity index (χ4v) is 5.14. The molecule has 33 heavy (non-hydrogen) atoms. The Morgan fingerprint density at radius 3 is 2.42 bits per heavy atom. The SMILES string of the molecule is COc1ccc(-c2c(C(C)=O)c(C)nc3sc4c(=O)n(-c5ccc(Cl)cc5)nnc4c23)cc1. The topological polar surface area (TPSA) is 87.0 Å². The number of benzene rings is 2. The number of nitrogens with zero attached hydrogens (tertiary/aromatic N) is 4. The molecule has 7 nitrogen and oxygen atoms in total. The number of hydrogen-bond donors (Lipinski definition) is 0. The Kier molecular flexibility index (Phi) is 5.19. The van der Waals surface area contributed by atoms with E-state index in [2.05, 4.69) is 15.3 Å². The van der Waals surface area contributed by atoms with Gasteiger partial charge in [-0.05, 0) is 55.8 Å². The van der Waals surface area contributed by atoms with Gasteiger partial charge in [0, 0.05) is 21.5 Å². The van der Waals surface area contributed by atoms with E-state index in [-0.39, 0.29) is 11.3 Å². The Morgan fingerprint density at radius 2 is 1.79 bits per heavy atom. The van der Waals surface area contributed by atoms with Gasteiger partial charge in [0.05, 0.1) is 18.5 Å². The Labute approximate surface area is 197 Å². The summed E-state index contributed by atoms with van der Waals surface area (Å²) < 4.78 is 6.93. The highest BCUT2D eigenvalue weighted by molar-refractivity contribution is 7.25. The number of ketones is 1. The van der Waals surface area contributed by atoms with E-state index in [4.69, 9.17) is 16.3 Å². The first-order chi connectivity index (χ1) is 15.9. The zero-order valence-corrected chi connectivity index (χ0v) is 19.5. The van der Waals surface area contributed by atoms with Crippen LogP contribution < -0.4 is 10.3 Å². The largest absolute Gasteiger partial charge is 0.497 e. The third kappa shape index (κ3) is 3.48. The Morgan fingerprint density at radius 1 is 1.09 bits per heavy atom. The molecule has 0 radical (unpaired) electrons. The van der Waals surface area contributed by atoms with Crippen LogP contribution in [-0.2, 0) is 0 Å². The van der Waals surface area contributed by atoms with Gasteiger partial charge in [-0.3, -0.25) is 9.59 Å². The van der Waals surface area contributed by atoms with Crippen LogP contribution >= 0.6 is 22.9 Å². The number of rotatable bonds is 4. The minimum absolute atomic E-state index is 0.116. The molecule has 0 aliphatic carbocycles. The molecule has 164 valence electrons. The van der Waals surface area contributed by atoms with Gasteiger partial charge < -0.3 is 4.74 Å². The Hall–Kier alpha value is -3.62. The van der Waals surface area contributed by atoms with Crippen molar-refractivity contribution in [3.63, 3.8) is 0 Å². The van der Waals surface area contributed by atoms with Crippen molar-refractivity contribution in [1.29, 1.82) is 0 Å². The number of fused-ring (bicyclic) bond motifs is 3. The van der Waals surface area contributed by atoms with Crippen LogP contribution in [0.4, 0.5) is 0 Å². The molecule has 0 unspecified atom stereocenters. The molecule has 0 aliphatic heterocycles. The number of thiophene rings is 1. The number of methoxy groups -OCH3 is 1. The van der Waals surface area contributed by atoms with Crippen LogP contribution in [0, 0.1) is 6.92 Å². The monoisotopic (exact) mass is 476 g/mol. The molecule has 3 aromatic heterocycles. The van der Waals surface area contributed by atoms with Crippen LogP contribution in [0.3, 0.4) is 0 Å². The van der Waals surface area contributed by atoms with Gasteiger partial charge in [0.2, 0.25) is 0 Å². The number of halogens is 1. The number of carbonyl (C=O) groups excluding carboxylic acids is 1. The molecule has 0 bridgehead atoms. The van der Waals surface area contributed by atoms with Crippen LogP contribution in [0.15, 0.2) is 53.3 Å². The van der Waals surface area contributed by atoms with Crippen molar-refractivity contribution >= 4 is 49.2 Å². The molecule has 9 heteroatoms. The second kappa shape index (κ2) is 8.06. The zero-order valence-electron chi connectivity index (χ0n) is 17.9. The van der Waals surface area contributed by atoms with E-state index >= 15 is 0 Å². The summed E-state index contributed by atoms with van der Waals surface area (Å²) in [5.74, 6) is 0.584. The molecule has 5 rings (SSSR count). The molecule has 0 atom stereocenters. The number of hydrogen-bond acceptors (Lipinski definition) is 7. The molecular weight excluding hydrogens is 460 g/mol. The molecule has 0 N–H and O–H groups in total. The quantitative estimate of drug-likeness (QED) is 0.330. The fourth-order valence-electron chi connectivity index (χ4n) is 3.92. The number of ether oxygens (including phenoxy) is 1.